The number of halogens is 1. The van der Waals surface area contributed by atoms with Crippen molar-refractivity contribution in [3.05, 3.63) is 52.3 Å². The molecule has 1 aromatic carbocycles. The fourth-order valence-corrected chi connectivity index (χ4v) is 2.40. The van der Waals surface area contributed by atoms with E-state index in [2.05, 4.69) is 76.2 Å². The topological polar surface area (TPSA) is 17.0 Å². The number of hydrogen-bond donors (Lipinski definition) is 1. The molecule has 0 bridgehead atoms. The molecular formula is C15H19BrN2. The van der Waals surface area contributed by atoms with Crippen LogP contribution < -0.4 is 5.32 Å². The lowest BCUT2D eigenvalue weighted by atomic mass is 10.2. The van der Waals surface area contributed by atoms with Crippen molar-refractivity contribution in [2.24, 2.45) is 0 Å². The fraction of sp³-hybridized carbons (Fsp3) is 0.333. The molecule has 0 atom stereocenters. The van der Waals surface area contributed by atoms with E-state index in [0.717, 1.165) is 24.0 Å². The van der Waals surface area contributed by atoms with Crippen LogP contribution in [0.1, 0.15) is 24.6 Å². The lowest BCUT2D eigenvalue weighted by Gasteiger charge is -2.12. The molecule has 0 radical (unpaired) electrons. The van der Waals surface area contributed by atoms with Gasteiger partial charge in [0.1, 0.15) is 0 Å². The van der Waals surface area contributed by atoms with Crippen LogP contribution in [0.2, 0.25) is 0 Å². The van der Waals surface area contributed by atoms with E-state index in [1.807, 2.05) is 0 Å². The Morgan fingerprint density at radius 2 is 2.11 bits per heavy atom. The van der Waals surface area contributed by atoms with Crippen molar-refractivity contribution in [2.75, 3.05) is 5.32 Å². The second kappa shape index (κ2) is 6.10. The lowest BCUT2D eigenvalue weighted by Crippen LogP contribution is -2.07. The van der Waals surface area contributed by atoms with Crippen LogP contribution in [0.3, 0.4) is 0 Å². The van der Waals surface area contributed by atoms with E-state index in [4.69, 9.17) is 0 Å². The number of anilines is 1. The van der Waals surface area contributed by atoms with E-state index in [0.29, 0.717) is 0 Å². The molecule has 0 fully saturated rings. The summed E-state index contributed by atoms with van der Waals surface area (Å²) in [5, 5.41) is 3.50. The first-order chi connectivity index (χ1) is 8.70. The van der Waals surface area contributed by atoms with Gasteiger partial charge in [-0.05, 0) is 43.2 Å². The lowest BCUT2D eigenvalue weighted by molar-refractivity contribution is 0.654. The summed E-state index contributed by atoms with van der Waals surface area (Å²) in [6, 6.07) is 10.6. The predicted molar refractivity (Wildman–Crippen MR) is 80.9 cm³/mol. The van der Waals surface area contributed by atoms with E-state index in [1.54, 1.807) is 0 Å². The first-order valence-electron chi connectivity index (χ1n) is 6.34. The molecule has 1 aromatic heterocycles. The van der Waals surface area contributed by atoms with E-state index >= 15 is 0 Å². The van der Waals surface area contributed by atoms with Crippen LogP contribution in [-0.2, 0) is 13.1 Å². The summed E-state index contributed by atoms with van der Waals surface area (Å²) in [6.07, 6.45) is 3.31. The molecule has 0 aliphatic rings. The van der Waals surface area contributed by atoms with Gasteiger partial charge in [0, 0.05) is 28.6 Å². The molecule has 0 unspecified atom stereocenters. The van der Waals surface area contributed by atoms with Crippen LogP contribution in [0, 0.1) is 6.92 Å². The third-order valence-corrected chi connectivity index (χ3v) is 3.54. The smallest absolute Gasteiger partial charge is 0.0553 e. The maximum absolute atomic E-state index is 3.51. The summed E-state index contributed by atoms with van der Waals surface area (Å²) < 4.78 is 3.42. The average molecular weight is 307 g/mol. The standard InChI is InChI=1S/C15H19BrN2/c1-3-8-18-9-4-5-14(18)11-17-15-10-13(16)7-6-12(15)2/h4-7,9-10,17H,3,8,11H2,1-2H3. The Morgan fingerprint density at radius 1 is 1.28 bits per heavy atom. The Balaban J connectivity index is 2.06. The minimum atomic E-state index is 0.865. The Labute approximate surface area is 117 Å². The van der Waals surface area contributed by atoms with Gasteiger partial charge in [-0.1, -0.05) is 28.9 Å². The maximum Gasteiger partial charge on any atom is 0.0553 e. The molecule has 0 amide bonds. The molecule has 1 heterocycles. The quantitative estimate of drug-likeness (QED) is 0.855. The molecular weight excluding hydrogens is 288 g/mol. The zero-order chi connectivity index (χ0) is 13.0. The number of aryl methyl sites for hydroxylation is 2. The van der Waals surface area contributed by atoms with E-state index < -0.39 is 0 Å². The second-order valence-electron chi connectivity index (χ2n) is 4.51. The molecule has 0 aliphatic heterocycles. The van der Waals surface area contributed by atoms with Gasteiger partial charge in [0.05, 0.1) is 6.54 Å². The molecule has 0 saturated carbocycles. The molecule has 2 nitrogen and oxygen atoms in total. The number of nitrogens with zero attached hydrogens (tertiary/aromatic N) is 1. The summed E-state index contributed by atoms with van der Waals surface area (Å²) >= 11 is 3.51. The molecule has 2 rings (SSSR count). The van der Waals surface area contributed by atoms with Crippen LogP contribution >= 0.6 is 15.9 Å². The van der Waals surface area contributed by atoms with E-state index in [9.17, 15) is 0 Å². The van der Waals surface area contributed by atoms with Gasteiger partial charge in [-0.15, -0.1) is 0 Å². The number of nitrogens with one attached hydrogen (secondary N) is 1. The SMILES string of the molecule is CCCn1cccc1CNc1cc(Br)ccc1C. The molecule has 1 N–H and O–H groups in total. The summed E-state index contributed by atoms with van der Waals surface area (Å²) in [7, 11) is 0. The molecule has 2 aromatic rings. The number of hydrogen-bond acceptors (Lipinski definition) is 1. The van der Waals surface area contributed by atoms with Gasteiger partial charge in [-0.2, -0.15) is 0 Å². The molecule has 18 heavy (non-hydrogen) atoms. The first-order valence-corrected chi connectivity index (χ1v) is 7.14. The van der Waals surface area contributed by atoms with Gasteiger partial charge in [0.25, 0.3) is 0 Å². The van der Waals surface area contributed by atoms with Gasteiger partial charge in [-0.25, -0.2) is 0 Å². The number of benzene rings is 1. The second-order valence-corrected chi connectivity index (χ2v) is 5.42. The minimum absolute atomic E-state index is 0.865. The van der Waals surface area contributed by atoms with Crippen molar-refractivity contribution >= 4 is 21.6 Å². The highest BCUT2D eigenvalue weighted by Crippen LogP contribution is 2.21. The summed E-state index contributed by atoms with van der Waals surface area (Å²) in [4.78, 5) is 0. The van der Waals surface area contributed by atoms with Crippen LogP contribution in [0.5, 0.6) is 0 Å². The summed E-state index contributed by atoms with van der Waals surface area (Å²) in [5.74, 6) is 0. The Hall–Kier alpha value is -1.22. The monoisotopic (exact) mass is 306 g/mol. The van der Waals surface area contributed by atoms with E-state index in [1.165, 1.54) is 16.9 Å². The fourth-order valence-electron chi connectivity index (χ4n) is 2.04. The molecule has 0 aliphatic carbocycles. The van der Waals surface area contributed by atoms with Crippen molar-refractivity contribution < 1.29 is 0 Å². The van der Waals surface area contributed by atoms with Crippen molar-refractivity contribution in [1.29, 1.82) is 0 Å². The van der Waals surface area contributed by atoms with Gasteiger partial charge in [0.2, 0.25) is 0 Å². The Bertz CT molecular complexity index is 517. The van der Waals surface area contributed by atoms with Gasteiger partial charge in [-0.3, -0.25) is 0 Å². The average Bonchev–Trinajstić information content (AvgIpc) is 2.78. The number of rotatable bonds is 5. The van der Waals surface area contributed by atoms with Crippen molar-refractivity contribution in [3.8, 4) is 0 Å². The highest BCUT2D eigenvalue weighted by molar-refractivity contribution is 9.10. The molecule has 96 valence electrons. The third kappa shape index (κ3) is 3.16. The predicted octanol–water partition coefficient (Wildman–Crippen LogP) is 4.58. The minimum Gasteiger partial charge on any atom is -0.379 e. The number of aromatic nitrogens is 1. The van der Waals surface area contributed by atoms with Gasteiger partial charge >= 0.3 is 0 Å². The van der Waals surface area contributed by atoms with Gasteiger partial charge < -0.3 is 9.88 Å². The normalized spacial score (nSPS) is 10.6. The van der Waals surface area contributed by atoms with Crippen LogP contribution in [0.25, 0.3) is 0 Å². The van der Waals surface area contributed by atoms with E-state index in [-0.39, 0.29) is 0 Å². The first kappa shape index (κ1) is 13.2. The summed E-state index contributed by atoms with van der Waals surface area (Å²) in [6.45, 7) is 6.28. The van der Waals surface area contributed by atoms with Crippen LogP contribution in [-0.4, -0.2) is 4.57 Å². The zero-order valence-electron chi connectivity index (χ0n) is 10.9. The van der Waals surface area contributed by atoms with Crippen molar-refractivity contribution in [3.63, 3.8) is 0 Å². The van der Waals surface area contributed by atoms with Crippen molar-refractivity contribution in [2.45, 2.75) is 33.4 Å². The molecule has 3 heteroatoms. The Kier molecular flexibility index (Phi) is 4.48. The van der Waals surface area contributed by atoms with Crippen LogP contribution in [0.15, 0.2) is 41.0 Å². The van der Waals surface area contributed by atoms with Gasteiger partial charge in [0.15, 0.2) is 0 Å². The molecule has 0 saturated heterocycles. The zero-order valence-corrected chi connectivity index (χ0v) is 12.5. The van der Waals surface area contributed by atoms with Crippen LogP contribution in [0.4, 0.5) is 5.69 Å². The summed E-state index contributed by atoms with van der Waals surface area (Å²) in [5.41, 5.74) is 3.79. The molecule has 0 spiro atoms. The highest BCUT2D eigenvalue weighted by atomic mass is 79.9. The Morgan fingerprint density at radius 3 is 2.89 bits per heavy atom. The maximum atomic E-state index is 3.51. The largest absolute Gasteiger partial charge is 0.379 e. The van der Waals surface area contributed by atoms with Crippen molar-refractivity contribution in [1.82, 2.24) is 4.57 Å². The highest BCUT2D eigenvalue weighted by Gasteiger charge is 2.02. The third-order valence-electron chi connectivity index (χ3n) is 3.05.